The topological polar surface area (TPSA) is 8.17 Å². The quantitative estimate of drug-likeness (QED) is 0.411. The van der Waals surface area contributed by atoms with E-state index in [0.29, 0.717) is 28.7 Å². The normalized spacial score (nSPS) is 17.5. The maximum absolute atomic E-state index is 13.6. The zero-order chi connectivity index (χ0) is 21.8. The fraction of sp³-hybridized carbons (Fsp3) is 0.364. The van der Waals surface area contributed by atoms with E-state index < -0.39 is 23.5 Å². The maximum Gasteiger partial charge on any atom is 0.416 e. The molecule has 1 saturated heterocycles. The Morgan fingerprint density at radius 3 is 2.13 bits per heavy atom. The zero-order valence-corrected chi connectivity index (χ0v) is 16.4. The Kier molecular flexibility index (Phi) is 4.78. The zero-order valence-electron chi connectivity index (χ0n) is 16.4. The summed E-state index contributed by atoms with van der Waals surface area (Å²) in [7, 11) is 0. The van der Waals surface area contributed by atoms with E-state index >= 15 is 0 Å². The van der Waals surface area contributed by atoms with Crippen LogP contribution < -0.4 is 4.90 Å². The molecule has 1 fully saturated rings. The van der Waals surface area contributed by atoms with Crippen LogP contribution in [0.25, 0.3) is 16.6 Å². The Hall–Kier alpha value is -2.64. The molecule has 4 rings (SSSR count). The first-order valence-corrected chi connectivity index (χ1v) is 9.67. The highest BCUT2D eigenvalue weighted by atomic mass is 19.4. The Labute approximate surface area is 169 Å². The third-order valence-corrected chi connectivity index (χ3v) is 5.79. The van der Waals surface area contributed by atoms with Crippen LogP contribution in [0.3, 0.4) is 0 Å². The summed E-state index contributed by atoms with van der Waals surface area (Å²) in [4.78, 5) is 1.94. The summed E-state index contributed by atoms with van der Waals surface area (Å²) in [6.45, 7) is 4.32. The van der Waals surface area contributed by atoms with Crippen LogP contribution >= 0.6 is 0 Å². The average Bonchev–Trinajstić information content (AvgIpc) is 2.96. The predicted octanol–water partition coefficient (Wildman–Crippen LogP) is 6.97. The van der Waals surface area contributed by atoms with E-state index in [0.717, 1.165) is 37.1 Å². The highest BCUT2D eigenvalue weighted by Crippen LogP contribution is 2.39. The lowest BCUT2D eigenvalue weighted by atomic mass is 9.98. The van der Waals surface area contributed by atoms with Crippen LogP contribution in [0.2, 0.25) is 0 Å². The number of nitrogens with zero attached hydrogens (tertiary/aromatic N) is 2. The fourth-order valence-corrected chi connectivity index (χ4v) is 4.05. The molecular formula is C22H20F6N2. The number of fused-ring (bicyclic) bond motifs is 1. The smallest absolute Gasteiger partial charge is 0.368 e. The van der Waals surface area contributed by atoms with Crippen LogP contribution in [-0.4, -0.2) is 17.2 Å². The van der Waals surface area contributed by atoms with Gasteiger partial charge in [0.05, 0.1) is 16.6 Å². The molecule has 1 atom stereocenters. The van der Waals surface area contributed by atoms with Crippen molar-refractivity contribution >= 4 is 16.6 Å². The molecule has 30 heavy (non-hydrogen) atoms. The largest absolute Gasteiger partial charge is 0.416 e. The molecule has 2 heterocycles. The highest BCUT2D eigenvalue weighted by Gasteiger charge is 2.34. The van der Waals surface area contributed by atoms with Gasteiger partial charge in [-0.25, -0.2) is 0 Å². The average molecular weight is 426 g/mol. The van der Waals surface area contributed by atoms with Crippen LogP contribution in [0, 0.1) is 6.92 Å². The first kappa shape index (κ1) is 20.6. The van der Waals surface area contributed by atoms with Crippen molar-refractivity contribution in [3.63, 3.8) is 0 Å². The van der Waals surface area contributed by atoms with E-state index in [1.54, 1.807) is 19.2 Å². The Balaban J connectivity index is 1.88. The number of anilines is 1. The molecule has 0 amide bonds. The number of rotatable bonds is 3. The number of halogens is 6. The SMILES string of the molecule is CCC1CCN1c1cc(-n2cc(C)c3cc(C(F)(F)F)ccc32)cc(C(F)(F)F)c1. The number of aryl methyl sites for hydroxylation is 1. The van der Waals surface area contributed by atoms with Crippen molar-refractivity contribution in [3.8, 4) is 5.69 Å². The van der Waals surface area contributed by atoms with Crippen molar-refractivity contribution in [3.05, 3.63) is 59.3 Å². The molecule has 0 N–H and O–H groups in total. The summed E-state index contributed by atoms with van der Waals surface area (Å²) in [6, 6.07) is 7.36. The van der Waals surface area contributed by atoms with E-state index in [-0.39, 0.29) is 11.7 Å². The second-order valence-corrected chi connectivity index (χ2v) is 7.69. The van der Waals surface area contributed by atoms with Gasteiger partial charge in [0.2, 0.25) is 0 Å². The number of hydrogen-bond donors (Lipinski definition) is 0. The molecule has 0 radical (unpaired) electrons. The van der Waals surface area contributed by atoms with Crippen LogP contribution in [0.1, 0.15) is 36.5 Å². The Morgan fingerprint density at radius 2 is 1.57 bits per heavy atom. The van der Waals surface area contributed by atoms with Crippen LogP contribution in [0.15, 0.2) is 42.6 Å². The number of benzene rings is 2. The van der Waals surface area contributed by atoms with Gasteiger partial charge in [0.1, 0.15) is 0 Å². The third kappa shape index (κ3) is 3.52. The number of hydrogen-bond acceptors (Lipinski definition) is 1. The van der Waals surface area contributed by atoms with E-state index in [9.17, 15) is 26.3 Å². The molecule has 2 aromatic carbocycles. The minimum atomic E-state index is -4.53. The molecule has 0 spiro atoms. The summed E-state index contributed by atoms with van der Waals surface area (Å²) in [5, 5.41) is 0.360. The molecule has 2 nitrogen and oxygen atoms in total. The first-order valence-electron chi connectivity index (χ1n) is 9.67. The van der Waals surface area contributed by atoms with E-state index in [1.165, 1.54) is 10.6 Å². The van der Waals surface area contributed by atoms with Gasteiger partial charge in [-0.3, -0.25) is 0 Å². The maximum atomic E-state index is 13.6. The van der Waals surface area contributed by atoms with Crippen molar-refractivity contribution in [1.29, 1.82) is 0 Å². The lowest BCUT2D eigenvalue weighted by Gasteiger charge is -2.43. The van der Waals surface area contributed by atoms with Gasteiger partial charge < -0.3 is 9.47 Å². The van der Waals surface area contributed by atoms with E-state index in [4.69, 9.17) is 0 Å². The fourth-order valence-electron chi connectivity index (χ4n) is 4.05. The lowest BCUT2D eigenvalue weighted by molar-refractivity contribution is -0.138. The molecule has 1 aliphatic heterocycles. The molecule has 0 bridgehead atoms. The van der Waals surface area contributed by atoms with Crippen LogP contribution in [0.4, 0.5) is 32.0 Å². The predicted molar refractivity (Wildman–Crippen MR) is 104 cm³/mol. The third-order valence-electron chi connectivity index (χ3n) is 5.79. The van der Waals surface area contributed by atoms with E-state index in [2.05, 4.69) is 0 Å². The molecule has 1 unspecified atom stereocenters. The molecule has 8 heteroatoms. The van der Waals surface area contributed by atoms with Gasteiger partial charge in [0, 0.05) is 35.5 Å². The summed E-state index contributed by atoms with van der Waals surface area (Å²) < 4.78 is 81.5. The molecule has 1 aromatic heterocycles. The summed E-state index contributed by atoms with van der Waals surface area (Å²) in [5.41, 5.74) is 0.186. The monoisotopic (exact) mass is 426 g/mol. The molecular weight excluding hydrogens is 406 g/mol. The van der Waals surface area contributed by atoms with Crippen LogP contribution in [0.5, 0.6) is 0 Å². The van der Waals surface area contributed by atoms with Gasteiger partial charge in [-0.15, -0.1) is 0 Å². The summed E-state index contributed by atoms with van der Waals surface area (Å²) >= 11 is 0. The lowest BCUT2D eigenvalue weighted by Crippen LogP contribution is -2.47. The van der Waals surface area contributed by atoms with Gasteiger partial charge in [0.25, 0.3) is 0 Å². The van der Waals surface area contributed by atoms with Gasteiger partial charge in [-0.1, -0.05) is 6.92 Å². The minimum Gasteiger partial charge on any atom is -0.368 e. The Morgan fingerprint density at radius 1 is 0.900 bits per heavy atom. The standard InChI is InChI=1S/C22H20F6N2/c1-3-16-6-7-29(16)17-8-15(22(26,27)28)9-18(11-17)30-12-13(2)19-10-14(21(23,24)25)4-5-20(19)30/h4-5,8-12,16H,3,6-7H2,1-2H3. The van der Waals surface area contributed by atoms with Gasteiger partial charge in [0.15, 0.2) is 0 Å². The highest BCUT2D eigenvalue weighted by molar-refractivity contribution is 5.86. The number of alkyl halides is 6. The molecule has 1 aliphatic rings. The van der Waals surface area contributed by atoms with Gasteiger partial charge in [-0.2, -0.15) is 26.3 Å². The first-order chi connectivity index (χ1) is 14.0. The van der Waals surface area contributed by atoms with Crippen molar-refractivity contribution < 1.29 is 26.3 Å². The molecule has 160 valence electrons. The minimum absolute atomic E-state index is 0.193. The van der Waals surface area contributed by atoms with E-state index in [1.807, 2.05) is 11.8 Å². The molecule has 0 saturated carbocycles. The summed E-state index contributed by atoms with van der Waals surface area (Å²) in [6.07, 6.45) is -5.68. The Bertz CT molecular complexity index is 1090. The van der Waals surface area contributed by atoms with Crippen LogP contribution in [-0.2, 0) is 12.4 Å². The molecule has 0 aliphatic carbocycles. The van der Waals surface area contributed by atoms with Crippen molar-refractivity contribution in [1.82, 2.24) is 4.57 Å². The summed E-state index contributed by atoms with van der Waals surface area (Å²) in [5.74, 6) is 0. The second kappa shape index (κ2) is 6.96. The van der Waals surface area contributed by atoms with Crippen molar-refractivity contribution in [2.45, 2.75) is 45.1 Å². The van der Waals surface area contributed by atoms with Gasteiger partial charge in [-0.05, 0) is 61.7 Å². The van der Waals surface area contributed by atoms with Crippen molar-refractivity contribution in [2.75, 3.05) is 11.4 Å². The second-order valence-electron chi connectivity index (χ2n) is 7.69. The number of aromatic nitrogens is 1. The molecule has 3 aromatic rings. The van der Waals surface area contributed by atoms with Gasteiger partial charge >= 0.3 is 12.4 Å². The van der Waals surface area contributed by atoms with Crippen molar-refractivity contribution in [2.24, 2.45) is 0 Å².